The highest BCUT2D eigenvalue weighted by Crippen LogP contribution is 2.33. The van der Waals surface area contributed by atoms with E-state index in [1.807, 2.05) is 0 Å². The second kappa shape index (κ2) is 3.97. The third-order valence-electron chi connectivity index (χ3n) is 3.64. The van der Waals surface area contributed by atoms with Crippen LogP contribution in [0.2, 0.25) is 0 Å². The maximum Gasteiger partial charge on any atom is 0.0113 e. The van der Waals surface area contributed by atoms with Gasteiger partial charge >= 0.3 is 0 Å². The number of hydrogen-bond donors (Lipinski definition) is 1. The van der Waals surface area contributed by atoms with Gasteiger partial charge < -0.3 is 5.73 Å². The molecule has 0 aromatic carbocycles. The number of nitrogens with zero attached hydrogens (tertiary/aromatic N) is 1. The Hall–Kier alpha value is -0.0800. The first kappa shape index (κ1) is 9.47. The topological polar surface area (TPSA) is 29.3 Å². The average Bonchev–Trinajstić information content (AvgIpc) is 2.07. The van der Waals surface area contributed by atoms with Crippen molar-refractivity contribution in [1.29, 1.82) is 0 Å². The molecule has 2 aliphatic heterocycles. The van der Waals surface area contributed by atoms with Gasteiger partial charge in [0.15, 0.2) is 0 Å². The number of piperidine rings is 2. The molecule has 2 bridgehead atoms. The summed E-state index contributed by atoms with van der Waals surface area (Å²) < 4.78 is 0. The van der Waals surface area contributed by atoms with Crippen LogP contribution in [-0.4, -0.2) is 29.6 Å². The van der Waals surface area contributed by atoms with Crippen molar-refractivity contribution in [3.8, 4) is 0 Å². The van der Waals surface area contributed by atoms with Crippen molar-refractivity contribution in [2.75, 3.05) is 6.54 Å². The van der Waals surface area contributed by atoms with Gasteiger partial charge in [-0.25, -0.2) is 0 Å². The van der Waals surface area contributed by atoms with Gasteiger partial charge in [-0.05, 0) is 38.6 Å². The highest BCUT2D eigenvalue weighted by atomic mass is 15.2. The van der Waals surface area contributed by atoms with E-state index in [4.69, 9.17) is 5.73 Å². The summed E-state index contributed by atoms with van der Waals surface area (Å²) in [6.07, 6.45) is 8.01. The van der Waals surface area contributed by atoms with E-state index in [1.165, 1.54) is 45.1 Å². The smallest absolute Gasteiger partial charge is 0.0113 e. The second-order valence-corrected chi connectivity index (χ2v) is 4.71. The first-order valence-electron chi connectivity index (χ1n) is 5.82. The summed E-state index contributed by atoms with van der Waals surface area (Å²) in [6, 6.07) is 2.13. The van der Waals surface area contributed by atoms with Crippen LogP contribution in [0.25, 0.3) is 0 Å². The molecule has 0 aromatic heterocycles. The van der Waals surface area contributed by atoms with Crippen LogP contribution in [0.4, 0.5) is 0 Å². The molecule has 2 heteroatoms. The van der Waals surface area contributed by atoms with Gasteiger partial charge in [0.05, 0.1) is 0 Å². The summed E-state index contributed by atoms with van der Waals surface area (Å²) in [6.45, 7) is 3.58. The normalized spacial score (nSPS) is 40.6. The Morgan fingerprint density at radius 3 is 2.38 bits per heavy atom. The molecule has 2 rings (SSSR count). The van der Waals surface area contributed by atoms with Gasteiger partial charge in [-0.1, -0.05) is 13.3 Å². The summed E-state index contributed by atoms with van der Waals surface area (Å²) in [4.78, 5) is 2.73. The zero-order valence-corrected chi connectivity index (χ0v) is 8.71. The molecular formula is C11H22N2. The summed E-state index contributed by atoms with van der Waals surface area (Å²) in [7, 11) is 0. The van der Waals surface area contributed by atoms with Gasteiger partial charge in [-0.2, -0.15) is 0 Å². The lowest BCUT2D eigenvalue weighted by Crippen LogP contribution is -2.55. The van der Waals surface area contributed by atoms with E-state index in [-0.39, 0.29) is 0 Å². The Morgan fingerprint density at radius 1 is 1.23 bits per heavy atom. The van der Waals surface area contributed by atoms with Crippen molar-refractivity contribution in [2.24, 2.45) is 5.73 Å². The number of rotatable bonds is 2. The molecule has 0 saturated carbocycles. The van der Waals surface area contributed by atoms with E-state index in [2.05, 4.69) is 11.8 Å². The minimum Gasteiger partial charge on any atom is -0.328 e. The zero-order valence-electron chi connectivity index (χ0n) is 8.71. The maximum absolute atomic E-state index is 6.06. The predicted molar refractivity (Wildman–Crippen MR) is 55.6 cm³/mol. The molecule has 0 amide bonds. The first-order valence-corrected chi connectivity index (χ1v) is 5.82. The van der Waals surface area contributed by atoms with Crippen molar-refractivity contribution in [2.45, 2.75) is 63.6 Å². The van der Waals surface area contributed by atoms with Crippen LogP contribution in [0, 0.1) is 0 Å². The summed E-state index contributed by atoms with van der Waals surface area (Å²) in [5.41, 5.74) is 6.06. The lowest BCUT2D eigenvalue weighted by molar-refractivity contribution is 0.0318. The largest absolute Gasteiger partial charge is 0.328 e. The van der Waals surface area contributed by atoms with Crippen molar-refractivity contribution in [1.82, 2.24) is 4.90 Å². The van der Waals surface area contributed by atoms with E-state index in [1.54, 1.807) is 0 Å². The van der Waals surface area contributed by atoms with E-state index < -0.39 is 0 Å². The molecule has 0 aromatic rings. The monoisotopic (exact) mass is 182 g/mol. The standard InChI is InChI=1S/C11H22N2/c1-2-6-13-10-4-3-5-11(13)8-9(12)7-10/h9-11H,2-8,12H2,1H3. The summed E-state index contributed by atoms with van der Waals surface area (Å²) in [5.74, 6) is 0. The van der Waals surface area contributed by atoms with Crippen molar-refractivity contribution in [3.63, 3.8) is 0 Å². The van der Waals surface area contributed by atoms with Crippen LogP contribution in [0.5, 0.6) is 0 Å². The molecule has 2 unspecified atom stereocenters. The van der Waals surface area contributed by atoms with E-state index in [0.29, 0.717) is 6.04 Å². The molecule has 2 atom stereocenters. The van der Waals surface area contributed by atoms with Crippen LogP contribution < -0.4 is 5.73 Å². The number of hydrogen-bond acceptors (Lipinski definition) is 2. The van der Waals surface area contributed by atoms with Crippen LogP contribution in [-0.2, 0) is 0 Å². The highest BCUT2D eigenvalue weighted by molar-refractivity contribution is 4.93. The van der Waals surface area contributed by atoms with Gasteiger partial charge in [0.1, 0.15) is 0 Å². The van der Waals surface area contributed by atoms with Gasteiger partial charge in [-0.15, -0.1) is 0 Å². The molecule has 2 fully saturated rings. The molecule has 2 nitrogen and oxygen atoms in total. The van der Waals surface area contributed by atoms with Crippen LogP contribution in [0.1, 0.15) is 45.4 Å². The van der Waals surface area contributed by atoms with Gasteiger partial charge in [0.25, 0.3) is 0 Å². The molecule has 0 spiro atoms. The van der Waals surface area contributed by atoms with E-state index >= 15 is 0 Å². The molecule has 76 valence electrons. The van der Waals surface area contributed by atoms with Crippen LogP contribution in [0.15, 0.2) is 0 Å². The number of fused-ring (bicyclic) bond motifs is 2. The molecule has 2 N–H and O–H groups in total. The zero-order chi connectivity index (χ0) is 9.26. The third-order valence-corrected chi connectivity index (χ3v) is 3.64. The van der Waals surface area contributed by atoms with E-state index in [0.717, 1.165) is 12.1 Å². The molecule has 2 heterocycles. The fourth-order valence-electron chi connectivity index (χ4n) is 3.14. The maximum atomic E-state index is 6.06. The molecule has 2 aliphatic rings. The van der Waals surface area contributed by atoms with Crippen LogP contribution >= 0.6 is 0 Å². The van der Waals surface area contributed by atoms with Crippen molar-refractivity contribution < 1.29 is 0 Å². The fourth-order valence-corrected chi connectivity index (χ4v) is 3.14. The second-order valence-electron chi connectivity index (χ2n) is 4.71. The minimum atomic E-state index is 0.489. The fraction of sp³-hybridized carbons (Fsp3) is 1.00. The molecule has 0 radical (unpaired) electrons. The SMILES string of the molecule is CCCN1C2CCCC1CC(N)C2. The highest BCUT2D eigenvalue weighted by Gasteiger charge is 2.35. The predicted octanol–water partition coefficient (Wildman–Crippen LogP) is 1.74. The Balaban J connectivity index is 2.01. The van der Waals surface area contributed by atoms with Crippen molar-refractivity contribution >= 4 is 0 Å². The minimum absolute atomic E-state index is 0.489. The van der Waals surface area contributed by atoms with Gasteiger partial charge in [-0.3, -0.25) is 4.90 Å². The lowest BCUT2D eigenvalue weighted by Gasteiger charge is -2.48. The molecule has 13 heavy (non-hydrogen) atoms. The van der Waals surface area contributed by atoms with Gasteiger partial charge in [0, 0.05) is 18.1 Å². The molecule has 0 aliphatic carbocycles. The lowest BCUT2D eigenvalue weighted by atomic mass is 9.82. The third kappa shape index (κ3) is 1.89. The quantitative estimate of drug-likeness (QED) is 0.705. The first-order chi connectivity index (χ1) is 6.31. The Labute approximate surface area is 81.5 Å². The summed E-state index contributed by atoms with van der Waals surface area (Å²) in [5, 5.41) is 0. The Morgan fingerprint density at radius 2 is 1.85 bits per heavy atom. The molecule has 2 saturated heterocycles. The Bertz CT molecular complexity index is 155. The van der Waals surface area contributed by atoms with E-state index in [9.17, 15) is 0 Å². The van der Waals surface area contributed by atoms with Crippen LogP contribution in [0.3, 0.4) is 0 Å². The Kier molecular flexibility index (Phi) is 2.89. The van der Waals surface area contributed by atoms with Crippen molar-refractivity contribution in [3.05, 3.63) is 0 Å². The average molecular weight is 182 g/mol. The van der Waals surface area contributed by atoms with Gasteiger partial charge in [0.2, 0.25) is 0 Å². The summed E-state index contributed by atoms with van der Waals surface area (Å²) >= 11 is 0. The molecular weight excluding hydrogens is 160 g/mol. The number of nitrogens with two attached hydrogens (primary N) is 1.